The monoisotopic (exact) mass is 384 g/mol. The average Bonchev–Trinajstić information content (AvgIpc) is 3.04. The molecule has 0 aliphatic carbocycles. The Kier molecular flexibility index (Phi) is 5.73. The van der Waals surface area contributed by atoms with E-state index in [9.17, 15) is 18.8 Å². The van der Waals surface area contributed by atoms with Gasteiger partial charge in [-0.3, -0.25) is 14.4 Å². The van der Waals surface area contributed by atoms with Crippen LogP contribution in [0.15, 0.2) is 48.5 Å². The molecule has 0 radical (unpaired) electrons. The number of anilines is 2. The minimum atomic E-state index is -1.07. The molecule has 3 rings (SSSR count). The average molecular weight is 384 g/mol. The van der Waals surface area contributed by atoms with Gasteiger partial charge in [-0.15, -0.1) is 0 Å². The number of rotatable bonds is 5. The van der Waals surface area contributed by atoms with Crippen LogP contribution >= 0.6 is 0 Å². The highest BCUT2D eigenvalue weighted by Crippen LogP contribution is 2.26. The summed E-state index contributed by atoms with van der Waals surface area (Å²) in [5, 5.41) is 2.49. The lowest BCUT2D eigenvalue weighted by molar-refractivity contribution is -0.157. The molecule has 0 saturated carbocycles. The first-order valence-electron chi connectivity index (χ1n) is 8.97. The lowest BCUT2D eigenvalue weighted by Crippen LogP contribution is -2.33. The number of amides is 2. The fourth-order valence-electron chi connectivity index (χ4n) is 2.97. The van der Waals surface area contributed by atoms with E-state index in [1.54, 1.807) is 4.90 Å². The van der Waals surface area contributed by atoms with Gasteiger partial charge in [0.25, 0.3) is 5.91 Å². The van der Waals surface area contributed by atoms with Crippen LogP contribution < -0.4 is 10.2 Å². The Labute approximate surface area is 162 Å². The molecule has 7 heteroatoms. The van der Waals surface area contributed by atoms with E-state index in [4.69, 9.17) is 4.74 Å². The second kappa shape index (κ2) is 8.21. The van der Waals surface area contributed by atoms with Gasteiger partial charge in [-0.25, -0.2) is 4.39 Å². The molecule has 0 aromatic heterocycles. The molecule has 1 aliphatic heterocycles. The van der Waals surface area contributed by atoms with Gasteiger partial charge in [0.2, 0.25) is 5.91 Å². The van der Waals surface area contributed by atoms with Crippen molar-refractivity contribution < 1.29 is 23.5 Å². The molecule has 0 spiro atoms. The van der Waals surface area contributed by atoms with Crippen LogP contribution in [0.3, 0.4) is 0 Å². The second-order valence-corrected chi connectivity index (χ2v) is 6.82. The van der Waals surface area contributed by atoms with Gasteiger partial charge >= 0.3 is 5.97 Å². The highest BCUT2D eigenvalue weighted by molar-refractivity contribution is 6.00. The van der Waals surface area contributed by atoms with E-state index in [-0.39, 0.29) is 24.6 Å². The molecule has 1 fully saturated rings. The van der Waals surface area contributed by atoms with Crippen LogP contribution in [-0.2, 0) is 19.1 Å². The summed E-state index contributed by atoms with van der Waals surface area (Å²) in [5.41, 5.74) is 2.07. The van der Waals surface area contributed by atoms with Gasteiger partial charge in [-0.1, -0.05) is 23.8 Å². The van der Waals surface area contributed by atoms with E-state index in [1.807, 2.05) is 31.2 Å². The normalized spacial score (nSPS) is 17.3. The third-order valence-electron chi connectivity index (χ3n) is 4.56. The van der Waals surface area contributed by atoms with E-state index in [1.165, 1.54) is 31.2 Å². The Morgan fingerprint density at radius 1 is 1.21 bits per heavy atom. The number of carbonyl (C=O) groups excluding carboxylic acids is 3. The van der Waals surface area contributed by atoms with Gasteiger partial charge in [0.15, 0.2) is 6.10 Å². The molecule has 1 heterocycles. The van der Waals surface area contributed by atoms with Gasteiger partial charge in [0, 0.05) is 24.3 Å². The topological polar surface area (TPSA) is 75.7 Å². The summed E-state index contributed by atoms with van der Waals surface area (Å²) in [6.45, 7) is 3.59. The molecule has 2 amide bonds. The molecule has 2 aromatic rings. The van der Waals surface area contributed by atoms with Gasteiger partial charge in [0.05, 0.1) is 5.92 Å². The van der Waals surface area contributed by atoms with Crippen molar-refractivity contribution >= 4 is 29.2 Å². The maximum atomic E-state index is 13.2. The molecular formula is C21H21FN2O4. The van der Waals surface area contributed by atoms with Crippen LogP contribution in [-0.4, -0.2) is 30.4 Å². The van der Waals surface area contributed by atoms with Crippen LogP contribution in [0.2, 0.25) is 0 Å². The summed E-state index contributed by atoms with van der Waals surface area (Å²) in [6.07, 6.45) is -1.04. The van der Waals surface area contributed by atoms with Gasteiger partial charge < -0.3 is 15.0 Å². The fraction of sp³-hybridized carbons (Fsp3) is 0.286. The smallest absolute Gasteiger partial charge is 0.312 e. The number of carbonyl (C=O) groups is 3. The maximum absolute atomic E-state index is 13.2. The lowest BCUT2D eigenvalue weighted by atomic mass is 10.1. The molecular weight excluding hydrogens is 363 g/mol. The SMILES string of the molecule is Cc1ccc(N2C[C@H](C(=O)O[C@H](C)C(=O)Nc3cccc(F)c3)CC2=O)cc1. The number of nitrogens with one attached hydrogen (secondary N) is 1. The number of aryl methyl sites for hydroxylation is 1. The molecule has 0 bridgehead atoms. The quantitative estimate of drug-likeness (QED) is 0.804. The standard InChI is InChI=1S/C21H21FN2O4/c1-13-6-8-18(9-7-13)24-12-15(10-19(24)25)21(27)28-14(2)20(26)23-17-5-3-4-16(22)11-17/h3-9,11,14-15H,10,12H2,1-2H3,(H,23,26)/t14-,15-/m1/s1. The van der Waals surface area contributed by atoms with Crippen molar-refractivity contribution in [3.05, 3.63) is 59.9 Å². The van der Waals surface area contributed by atoms with Crippen molar-refractivity contribution in [1.82, 2.24) is 0 Å². The van der Waals surface area contributed by atoms with Crippen LogP contribution in [0.25, 0.3) is 0 Å². The fourth-order valence-corrected chi connectivity index (χ4v) is 2.97. The number of ether oxygens (including phenoxy) is 1. The first-order chi connectivity index (χ1) is 13.3. The van der Waals surface area contributed by atoms with E-state index in [0.29, 0.717) is 0 Å². The van der Waals surface area contributed by atoms with Crippen molar-refractivity contribution in [2.24, 2.45) is 5.92 Å². The molecule has 28 heavy (non-hydrogen) atoms. The summed E-state index contributed by atoms with van der Waals surface area (Å²) >= 11 is 0. The predicted molar refractivity (Wildman–Crippen MR) is 102 cm³/mol. The summed E-state index contributed by atoms with van der Waals surface area (Å²) in [4.78, 5) is 38.4. The molecule has 1 aliphatic rings. The van der Waals surface area contributed by atoms with Crippen LogP contribution in [0, 0.1) is 18.7 Å². The van der Waals surface area contributed by atoms with Crippen LogP contribution in [0.4, 0.5) is 15.8 Å². The summed E-state index contributed by atoms with van der Waals surface area (Å²) < 4.78 is 18.4. The Morgan fingerprint density at radius 2 is 1.93 bits per heavy atom. The minimum absolute atomic E-state index is 0.0327. The van der Waals surface area contributed by atoms with E-state index >= 15 is 0 Å². The Hall–Kier alpha value is -3.22. The molecule has 1 saturated heterocycles. The summed E-state index contributed by atoms with van der Waals surface area (Å²) in [5.74, 6) is -2.47. The molecule has 1 N–H and O–H groups in total. The Morgan fingerprint density at radius 3 is 2.61 bits per heavy atom. The minimum Gasteiger partial charge on any atom is -0.452 e. The van der Waals surface area contributed by atoms with Crippen molar-refractivity contribution in [2.45, 2.75) is 26.4 Å². The van der Waals surface area contributed by atoms with Crippen molar-refractivity contribution in [3.63, 3.8) is 0 Å². The molecule has 2 aromatic carbocycles. The maximum Gasteiger partial charge on any atom is 0.312 e. The molecule has 2 atom stereocenters. The number of benzene rings is 2. The third kappa shape index (κ3) is 4.54. The zero-order chi connectivity index (χ0) is 20.3. The zero-order valence-corrected chi connectivity index (χ0v) is 15.6. The van der Waals surface area contributed by atoms with E-state index in [0.717, 1.165) is 11.3 Å². The highest BCUT2D eigenvalue weighted by atomic mass is 19.1. The largest absolute Gasteiger partial charge is 0.452 e. The third-order valence-corrected chi connectivity index (χ3v) is 4.56. The van der Waals surface area contributed by atoms with Crippen LogP contribution in [0.5, 0.6) is 0 Å². The lowest BCUT2D eigenvalue weighted by Gasteiger charge is -2.18. The van der Waals surface area contributed by atoms with Crippen LogP contribution in [0.1, 0.15) is 18.9 Å². The van der Waals surface area contributed by atoms with Gasteiger partial charge in [-0.2, -0.15) is 0 Å². The van der Waals surface area contributed by atoms with Crippen molar-refractivity contribution in [3.8, 4) is 0 Å². The Balaban J connectivity index is 1.57. The number of halogens is 1. The number of esters is 1. The zero-order valence-electron chi connectivity index (χ0n) is 15.6. The Bertz CT molecular complexity index is 898. The first kappa shape index (κ1) is 19.5. The number of nitrogens with zero attached hydrogens (tertiary/aromatic N) is 1. The summed E-state index contributed by atoms with van der Waals surface area (Å²) in [7, 11) is 0. The molecule has 0 unspecified atom stereocenters. The second-order valence-electron chi connectivity index (χ2n) is 6.82. The summed E-state index contributed by atoms with van der Waals surface area (Å²) in [6, 6.07) is 12.9. The number of hydrogen-bond donors (Lipinski definition) is 1. The molecule has 6 nitrogen and oxygen atoms in total. The molecule has 146 valence electrons. The predicted octanol–water partition coefficient (Wildman–Crippen LogP) is 3.06. The highest BCUT2D eigenvalue weighted by Gasteiger charge is 2.37. The van der Waals surface area contributed by atoms with E-state index in [2.05, 4.69) is 5.32 Å². The first-order valence-corrected chi connectivity index (χ1v) is 8.97. The van der Waals surface area contributed by atoms with Crippen molar-refractivity contribution in [2.75, 3.05) is 16.8 Å². The van der Waals surface area contributed by atoms with Gasteiger partial charge in [0.1, 0.15) is 5.82 Å². The van der Waals surface area contributed by atoms with Gasteiger partial charge in [-0.05, 0) is 44.2 Å². The van der Waals surface area contributed by atoms with E-state index < -0.39 is 29.7 Å². The van der Waals surface area contributed by atoms with Crippen molar-refractivity contribution in [1.29, 1.82) is 0 Å². The number of hydrogen-bond acceptors (Lipinski definition) is 4.